The van der Waals surface area contributed by atoms with Gasteiger partial charge < -0.3 is 0 Å². The first-order valence-corrected chi connectivity index (χ1v) is 4.33. The maximum absolute atomic E-state index is 2.21. The van der Waals surface area contributed by atoms with Crippen molar-refractivity contribution in [3.63, 3.8) is 0 Å². The quantitative estimate of drug-likeness (QED) is 0.472. The van der Waals surface area contributed by atoms with Crippen LogP contribution in [0.3, 0.4) is 0 Å². The van der Waals surface area contributed by atoms with Crippen LogP contribution in [0.2, 0.25) is 12.6 Å². The molecule has 0 unspecified atom stereocenters. The molecular formula is C6H19B3. The first-order chi connectivity index (χ1) is 4.33. The summed E-state index contributed by atoms with van der Waals surface area (Å²) in [5, 5.41) is 0. The van der Waals surface area contributed by atoms with Crippen LogP contribution in [0.5, 0.6) is 0 Å². The zero-order valence-electron chi connectivity index (χ0n) is 7.54. The molecule has 0 amide bonds. The van der Waals surface area contributed by atoms with Crippen LogP contribution in [0.1, 0.15) is 26.7 Å². The Balaban J connectivity index is 0. The molecule has 3 heteroatoms. The van der Waals surface area contributed by atoms with Gasteiger partial charge >= 0.3 is 0 Å². The Hall–Kier alpha value is 0.195. The van der Waals surface area contributed by atoms with Crippen LogP contribution in [-0.4, -0.2) is 22.8 Å². The molecule has 0 aliphatic rings. The summed E-state index contributed by atoms with van der Waals surface area (Å²) in [6.07, 6.45) is 5.37. The number of hydrogen-bond donors (Lipinski definition) is 0. The molecule has 0 radical (unpaired) electrons. The van der Waals surface area contributed by atoms with E-state index < -0.39 is 0 Å². The van der Waals surface area contributed by atoms with Crippen molar-refractivity contribution in [2.45, 2.75) is 39.3 Å². The summed E-state index contributed by atoms with van der Waals surface area (Å²) in [5.74, 6) is 0. The molecule has 9 heavy (non-hydrogen) atoms. The van der Waals surface area contributed by atoms with Crippen LogP contribution in [0.25, 0.3) is 0 Å². The minimum absolute atomic E-state index is 1.32. The maximum atomic E-state index is 2.21. The lowest BCUT2D eigenvalue weighted by molar-refractivity contribution is 0.886. The van der Waals surface area contributed by atoms with Crippen LogP contribution in [0, 0.1) is 0 Å². The maximum Gasteiger partial charge on any atom is 0.0999 e. The highest BCUT2D eigenvalue weighted by Crippen LogP contribution is 1.76. The third kappa shape index (κ3) is 30.8. The predicted molar refractivity (Wildman–Crippen MR) is 54.4 cm³/mol. The lowest BCUT2D eigenvalue weighted by Gasteiger charge is -1.75. The molecule has 0 rings (SSSR count). The van der Waals surface area contributed by atoms with E-state index in [4.69, 9.17) is 0 Å². The largest absolute Gasteiger partial charge is 0.0999 e. The molecule has 0 bridgehead atoms. The van der Waals surface area contributed by atoms with Gasteiger partial charge in [0.05, 0.1) is 22.8 Å². The summed E-state index contributed by atoms with van der Waals surface area (Å²) in [4.78, 5) is 0. The van der Waals surface area contributed by atoms with Gasteiger partial charge in [0.25, 0.3) is 0 Å². The van der Waals surface area contributed by atoms with Gasteiger partial charge in [-0.1, -0.05) is 39.3 Å². The molecule has 0 N–H and O–H groups in total. The Labute approximate surface area is 62.8 Å². The van der Waals surface area contributed by atoms with Gasteiger partial charge in [0.1, 0.15) is 0 Å². The molecule has 0 aromatic heterocycles. The van der Waals surface area contributed by atoms with E-state index in [-0.39, 0.29) is 0 Å². The highest BCUT2D eigenvalue weighted by Gasteiger charge is 1.72. The van der Waals surface area contributed by atoms with Crippen LogP contribution < -0.4 is 0 Å². The molecule has 0 aromatic rings. The molecule has 0 fully saturated rings. The second-order valence-electron chi connectivity index (χ2n) is 2.35. The Morgan fingerprint density at radius 1 is 1.22 bits per heavy atom. The SMILES string of the molecule is BBCCB.CCCC. The molecule has 0 saturated heterocycles. The summed E-state index contributed by atoms with van der Waals surface area (Å²) in [5.41, 5.74) is 0. The van der Waals surface area contributed by atoms with Crippen molar-refractivity contribution in [3.8, 4) is 0 Å². The van der Waals surface area contributed by atoms with Gasteiger partial charge in [-0.15, -0.1) is 0 Å². The summed E-state index contributed by atoms with van der Waals surface area (Å²) >= 11 is 0. The summed E-state index contributed by atoms with van der Waals surface area (Å²) in [6.45, 7) is 4.36. The molecule has 0 aliphatic heterocycles. The van der Waals surface area contributed by atoms with E-state index in [2.05, 4.69) is 29.4 Å². The zero-order valence-corrected chi connectivity index (χ0v) is 7.54. The van der Waals surface area contributed by atoms with Gasteiger partial charge in [-0.05, 0) is 0 Å². The van der Waals surface area contributed by atoms with E-state index in [9.17, 15) is 0 Å². The van der Waals surface area contributed by atoms with Crippen LogP contribution >= 0.6 is 0 Å². The normalized spacial score (nSPS) is 7.33. The number of unbranched alkanes of at least 4 members (excludes halogenated alkanes) is 1. The van der Waals surface area contributed by atoms with E-state index in [1.807, 2.05) is 0 Å². The third-order valence-corrected chi connectivity index (χ3v) is 1.21. The van der Waals surface area contributed by atoms with Crippen molar-refractivity contribution >= 4 is 22.8 Å². The highest BCUT2D eigenvalue weighted by atomic mass is 13.6. The summed E-state index contributed by atoms with van der Waals surface area (Å²) < 4.78 is 0. The Kier molecular flexibility index (Phi) is 20.8. The fraction of sp³-hybridized carbons (Fsp3) is 1.00. The number of hydrogen-bond acceptors (Lipinski definition) is 0. The lowest BCUT2D eigenvalue weighted by atomic mass is 9.52. The molecule has 0 saturated carbocycles. The van der Waals surface area contributed by atoms with Gasteiger partial charge in [0, 0.05) is 0 Å². The van der Waals surface area contributed by atoms with Crippen molar-refractivity contribution < 1.29 is 0 Å². The van der Waals surface area contributed by atoms with Crippen LogP contribution in [0.15, 0.2) is 0 Å². The van der Waals surface area contributed by atoms with Crippen molar-refractivity contribution in [3.05, 3.63) is 0 Å². The fourth-order valence-electron chi connectivity index (χ4n) is 0.354. The van der Waals surface area contributed by atoms with Gasteiger partial charge in [-0.3, -0.25) is 0 Å². The Morgan fingerprint density at radius 3 is 1.67 bits per heavy atom. The topological polar surface area (TPSA) is 0 Å². The molecule has 0 nitrogen and oxygen atoms in total. The third-order valence-electron chi connectivity index (χ3n) is 1.21. The predicted octanol–water partition coefficient (Wildman–Crippen LogP) is 0.247. The highest BCUT2D eigenvalue weighted by molar-refractivity contribution is 6.89. The van der Waals surface area contributed by atoms with Crippen LogP contribution in [-0.2, 0) is 0 Å². The average molecular weight is 124 g/mol. The minimum atomic E-state index is 1.32. The van der Waals surface area contributed by atoms with E-state index >= 15 is 0 Å². The fourth-order valence-corrected chi connectivity index (χ4v) is 0.354. The smallest absolute Gasteiger partial charge is 0.0918 e. The van der Waals surface area contributed by atoms with E-state index in [0.717, 1.165) is 0 Å². The number of rotatable bonds is 3. The zero-order chi connectivity index (χ0) is 7.54. The first kappa shape index (κ1) is 11.9. The molecule has 0 spiro atoms. The second-order valence-corrected chi connectivity index (χ2v) is 2.35. The Bertz CT molecular complexity index is 27.5. The van der Waals surface area contributed by atoms with Crippen LogP contribution in [0.4, 0.5) is 0 Å². The minimum Gasteiger partial charge on any atom is -0.0918 e. The molecule has 0 heterocycles. The van der Waals surface area contributed by atoms with E-state index in [1.54, 1.807) is 0 Å². The molecule has 0 aromatic carbocycles. The monoisotopic (exact) mass is 124 g/mol. The summed E-state index contributed by atoms with van der Waals surface area (Å²) in [6, 6.07) is 0. The standard InChI is InChI=1S/C4H10.C2H9B3/c1-3-4-2;3-1-2-5-4/h3-4H2,1-2H3;5H,1-4H2. The van der Waals surface area contributed by atoms with E-state index in [0.29, 0.717) is 0 Å². The van der Waals surface area contributed by atoms with Gasteiger partial charge in [0.2, 0.25) is 0 Å². The van der Waals surface area contributed by atoms with Crippen molar-refractivity contribution in [2.75, 3.05) is 0 Å². The van der Waals surface area contributed by atoms with Gasteiger partial charge in [0.15, 0.2) is 0 Å². The van der Waals surface area contributed by atoms with Gasteiger partial charge in [-0.2, -0.15) is 0 Å². The second kappa shape index (κ2) is 15.7. The first-order valence-electron chi connectivity index (χ1n) is 4.33. The van der Waals surface area contributed by atoms with Crippen molar-refractivity contribution in [1.82, 2.24) is 0 Å². The lowest BCUT2D eigenvalue weighted by Crippen LogP contribution is -1.83. The molecule has 0 aliphatic carbocycles. The average Bonchev–Trinajstić information content (AvgIpc) is 1.91. The molecule has 52 valence electrons. The van der Waals surface area contributed by atoms with Crippen molar-refractivity contribution in [1.29, 1.82) is 0 Å². The van der Waals surface area contributed by atoms with Crippen molar-refractivity contribution in [2.24, 2.45) is 0 Å². The van der Waals surface area contributed by atoms with E-state index in [1.165, 1.54) is 32.7 Å². The molecule has 0 atom stereocenters. The Morgan fingerprint density at radius 2 is 1.67 bits per heavy atom. The summed E-state index contributed by atoms with van der Waals surface area (Å²) in [7, 11) is 5.77. The molecular weight excluding hydrogens is 105 g/mol. The van der Waals surface area contributed by atoms with Gasteiger partial charge in [-0.25, -0.2) is 0 Å².